The molecule has 0 radical (unpaired) electrons. The van der Waals surface area contributed by atoms with Gasteiger partial charge in [-0.15, -0.1) is 0 Å². The summed E-state index contributed by atoms with van der Waals surface area (Å²) in [4.78, 5) is 0. The topological polar surface area (TPSA) is 0 Å². The third-order valence-corrected chi connectivity index (χ3v) is 12.2. The van der Waals surface area contributed by atoms with Crippen LogP contribution in [0.4, 0.5) is 0 Å². The van der Waals surface area contributed by atoms with Crippen molar-refractivity contribution in [3.63, 3.8) is 0 Å². The molecule has 0 spiro atoms. The van der Waals surface area contributed by atoms with E-state index in [4.69, 9.17) is 0 Å². The molecule has 1 saturated carbocycles. The molecule has 2 heteroatoms. The molecule has 0 aromatic heterocycles. The molecule has 0 bridgehead atoms. The number of hydrogen-bond donors (Lipinski definition) is 0. The Morgan fingerprint density at radius 1 is 1.00 bits per heavy atom. The van der Waals surface area contributed by atoms with Crippen LogP contribution in [0.2, 0.25) is 21.1 Å². The van der Waals surface area contributed by atoms with Crippen molar-refractivity contribution < 1.29 is 41.0 Å². The normalized spacial score (nSPS) is 19.1. The van der Waals surface area contributed by atoms with Crippen LogP contribution in [0.3, 0.4) is 0 Å². The average Bonchev–Trinajstić information content (AvgIpc) is 2.08. The molecular formula is C8H18ZnZr. The van der Waals surface area contributed by atoms with E-state index in [0.717, 1.165) is 0 Å². The molecule has 1 aliphatic rings. The summed E-state index contributed by atoms with van der Waals surface area (Å²) in [5, 5.41) is 0. The average molecular weight is 271 g/mol. The molecule has 0 amide bonds. The van der Waals surface area contributed by atoms with E-state index >= 15 is 0 Å². The summed E-state index contributed by atoms with van der Waals surface area (Å²) in [6.45, 7) is 0. The van der Waals surface area contributed by atoms with Crippen LogP contribution in [0.15, 0.2) is 0 Å². The molecule has 1 aliphatic carbocycles. The SMILES string of the molecule is [CH3][Zn]([CH3])([CH3])[CH]1CCCC1.[Zr]. The Kier molecular flexibility index (Phi) is 5.19. The number of rotatable bonds is 1. The molecule has 0 atom stereocenters. The maximum Gasteiger partial charge on any atom is 0 e. The Balaban J connectivity index is 0.000000810. The van der Waals surface area contributed by atoms with Crippen molar-refractivity contribution in [2.75, 3.05) is 0 Å². The zero-order chi connectivity index (χ0) is 6.91. The van der Waals surface area contributed by atoms with Gasteiger partial charge in [-0.3, -0.25) is 0 Å². The third-order valence-electron chi connectivity index (χ3n) is 3.21. The largest absolute Gasteiger partial charge is 0 e. The molecule has 56 valence electrons. The van der Waals surface area contributed by atoms with Gasteiger partial charge in [0.15, 0.2) is 0 Å². The third kappa shape index (κ3) is 3.27. The van der Waals surface area contributed by atoms with Gasteiger partial charge in [-0.25, -0.2) is 0 Å². The van der Waals surface area contributed by atoms with Crippen LogP contribution in [-0.4, -0.2) is 0 Å². The van der Waals surface area contributed by atoms with Gasteiger partial charge in [0.25, 0.3) is 0 Å². The van der Waals surface area contributed by atoms with Gasteiger partial charge in [-0.05, 0) is 0 Å². The maximum absolute atomic E-state index is 2.58. The second-order valence-electron chi connectivity index (χ2n) is 5.50. The van der Waals surface area contributed by atoms with Crippen molar-refractivity contribution >= 4 is 0 Å². The first-order valence-electron chi connectivity index (χ1n) is 4.85. The van der Waals surface area contributed by atoms with Crippen molar-refractivity contribution in [1.29, 1.82) is 0 Å². The van der Waals surface area contributed by atoms with E-state index < -0.39 is 14.8 Å². The van der Waals surface area contributed by atoms with Crippen LogP contribution in [0.5, 0.6) is 0 Å². The minimum atomic E-state index is -1.47. The van der Waals surface area contributed by atoms with E-state index in [9.17, 15) is 0 Å². The number of hydrogen-bond acceptors (Lipinski definition) is 0. The maximum atomic E-state index is 2.58. The second-order valence-corrected chi connectivity index (χ2v) is 22.0. The molecule has 0 saturated heterocycles. The summed E-state index contributed by atoms with van der Waals surface area (Å²) >= 11 is -1.47. The van der Waals surface area contributed by atoms with Crippen LogP contribution in [-0.2, 0) is 41.0 Å². The molecule has 0 aromatic rings. The molecule has 10 heavy (non-hydrogen) atoms. The molecular weight excluding hydrogens is 253 g/mol. The predicted octanol–water partition coefficient (Wildman–Crippen LogP) is 3.64. The smallest absolute Gasteiger partial charge is 0 e. The zero-order valence-electron chi connectivity index (χ0n) is 7.61. The molecule has 1 fully saturated rings. The second kappa shape index (κ2) is 4.51. The van der Waals surface area contributed by atoms with Crippen LogP contribution in [0.25, 0.3) is 0 Å². The van der Waals surface area contributed by atoms with Crippen LogP contribution in [0.1, 0.15) is 25.7 Å². The first-order chi connectivity index (χ1) is 4.11. The summed E-state index contributed by atoms with van der Waals surface area (Å²) < 4.78 is 1.23. The Morgan fingerprint density at radius 2 is 1.40 bits per heavy atom. The fourth-order valence-electron chi connectivity index (χ4n) is 2.24. The molecule has 0 nitrogen and oxygen atoms in total. The van der Waals surface area contributed by atoms with E-state index in [0.29, 0.717) is 0 Å². The van der Waals surface area contributed by atoms with Crippen LogP contribution < -0.4 is 0 Å². The van der Waals surface area contributed by atoms with E-state index in [1.54, 1.807) is 12.8 Å². The van der Waals surface area contributed by atoms with Gasteiger partial charge in [-0.2, -0.15) is 0 Å². The molecule has 1 rings (SSSR count). The monoisotopic (exact) mass is 268 g/mol. The van der Waals surface area contributed by atoms with Gasteiger partial charge in [0, 0.05) is 26.2 Å². The summed E-state index contributed by atoms with van der Waals surface area (Å²) in [6, 6.07) is 0. The molecule has 0 heterocycles. The minimum Gasteiger partial charge on any atom is 0 e. The van der Waals surface area contributed by atoms with Crippen molar-refractivity contribution in [1.82, 2.24) is 0 Å². The van der Waals surface area contributed by atoms with E-state index in [1.165, 1.54) is 17.4 Å². The van der Waals surface area contributed by atoms with Gasteiger partial charge in [-0.1, -0.05) is 0 Å². The fraction of sp³-hybridized carbons (Fsp3) is 1.00. The molecule has 0 aliphatic heterocycles. The Morgan fingerprint density at radius 3 is 1.60 bits per heavy atom. The summed E-state index contributed by atoms with van der Waals surface area (Å²) in [7, 11) is 0. The van der Waals surface area contributed by atoms with Gasteiger partial charge >= 0.3 is 61.5 Å². The molecule has 0 aromatic carbocycles. The van der Waals surface area contributed by atoms with Gasteiger partial charge in [0.2, 0.25) is 0 Å². The molecule has 0 unspecified atom stereocenters. The Bertz CT molecular complexity index is 89.9. The Labute approximate surface area is 87.1 Å². The molecule has 0 N–H and O–H groups in total. The first kappa shape index (κ1) is 11.5. The van der Waals surface area contributed by atoms with Crippen LogP contribution >= 0.6 is 0 Å². The van der Waals surface area contributed by atoms with E-state index in [2.05, 4.69) is 16.6 Å². The van der Waals surface area contributed by atoms with E-state index in [-0.39, 0.29) is 26.2 Å². The van der Waals surface area contributed by atoms with Gasteiger partial charge < -0.3 is 0 Å². The summed E-state index contributed by atoms with van der Waals surface area (Å²) in [5.74, 6) is 0. The van der Waals surface area contributed by atoms with Gasteiger partial charge in [0.1, 0.15) is 0 Å². The standard InChI is InChI=1S/C5H9.3CH3.Zn.Zr/c1-2-4-5-3-1;;;;;/h1H,2-5H2;3*1H3;;. The summed E-state index contributed by atoms with van der Waals surface area (Å²) in [5.41, 5.74) is 7.75. The predicted molar refractivity (Wildman–Crippen MR) is 39.8 cm³/mol. The van der Waals surface area contributed by atoms with Crippen molar-refractivity contribution in [3.05, 3.63) is 0 Å². The summed E-state index contributed by atoms with van der Waals surface area (Å²) in [6.07, 6.45) is 6.20. The van der Waals surface area contributed by atoms with Gasteiger partial charge in [0.05, 0.1) is 0 Å². The van der Waals surface area contributed by atoms with Crippen molar-refractivity contribution in [2.24, 2.45) is 0 Å². The quantitative estimate of drug-likeness (QED) is 0.638. The minimum absolute atomic E-state index is 0. The first-order valence-corrected chi connectivity index (χ1v) is 15.5. The van der Waals surface area contributed by atoms with Crippen LogP contribution in [0, 0.1) is 0 Å². The van der Waals surface area contributed by atoms with Crippen molar-refractivity contribution in [2.45, 2.75) is 46.7 Å². The zero-order valence-corrected chi connectivity index (χ0v) is 13.0. The van der Waals surface area contributed by atoms with E-state index in [1.807, 2.05) is 0 Å². The Hall–Kier alpha value is 1.51. The van der Waals surface area contributed by atoms with Crippen molar-refractivity contribution in [3.8, 4) is 0 Å². The fourth-order valence-corrected chi connectivity index (χ4v) is 8.59.